The van der Waals surface area contributed by atoms with Crippen molar-refractivity contribution in [1.82, 2.24) is 9.47 Å². The molecule has 1 saturated heterocycles. The fourth-order valence-corrected chi connectivity index (χ4v) is 3.73. The molecule has 1 N–H and O–H groups in total. The molecule has 1 aliphatic heterocycles. The van der Waals surface area contributed by atoms with E-state index < -0.39 is 0 Å². The number of carbonyl (C=O) groups is 2. The number of nitrogens with one attached hydrogen (secondary N) is 1. The van der Waals surface area contributed by atoms with Crippen LogP contribution in [0, 0.1) is 6.92 Å². The standard InChI is InChI=1S/C23H23N3O4/c1-15-16(23(29)26-10-12-30-13-11-26)7-5-8-19(15)24-22(28)18-14-21(27)25(2)20-9-4-3-6-17(18)20/h3-9,14H,10-13H2,1-2H3,(H,24,28). The van der Waals surface area contributed by atoms with Crippen LogP contribution in [0.25, 0.3) is 10.9 Å². The maximum Gasteiger partial charge on any atom is 0.256 e. The maximum atomic E-state index is 13.1. The van der Waals surface area contributed by atoms with E-state index >= 15 is 0 Å². The molecule has 0 unspecified atom stereocenters. The molecule has 0 saturated carbocycles. The average molecular weight is 405 g/mol. The van der Waals surface area contributed by atoms with Gasteiger partial charge in [-0.2, -0.15) is 0 Å². The highest BCUT2D eigenvalue weighted by Gasteiger charge is 2.22. The van der Waals surface area contributed by atoms with Crippen LogP contribution in [0.1, 0.15) is 26.3 Å². The Bertz CT molecular complexity index is 1190. The number of aryl methyl sites for hydroxylation is 1. The Labute approximate surface area is 173 Å². The third kappa shape index (κ3) is 3.59. The number of carbonyl (C=O) groups excluding carboxylic acids is 2. The van der Waals surface area contributed by atoms with Crippen molar-refractivity contribution in [2.45, 2.75) is 6.92 Å². The Morgan fingerprint density at radius 1 is 1.00 bits per heavy atom. The van der Waals surface area contributed by atoms with Crippen LogP contribution < -0.4 is 10.9 Å². The number of para-hydroxylation sites is 1. The van der Waals surface area contributed by atoms with Crippen LogP contribution in [0.15, 0.2) is 53.3 Å². The fraction of sp³-hybridized carbons (Fsp3) is 0.261. The van der Waals surface area contributed by atoms with Crippen LogP contribution in [-0.2, 0) is 11.8 Å². The first kappa shape index (κ1) is 19.8. The number of benzene rings is 2. The van der Waals surface area contributed by atoms with Gasteiger partial charge in [-0.15, -0.1) is 0 Å². The molecule has 7 nitrogen and oxygen atoms in total. The first-order valence-corrected chi connectivity index (χ1v) is 9.84. The normalized spacial score (nSPS) is 14.0. The van der Waals surface area contributed by atoms with Gasteiger partial charge in [0.05, 0.1) is 24.3 Å². The van der Waals surface area contributed by atoms with Crippen molar-refractivity contribution in [3.63, 3.8) is 0 Å². The Balaban J connectivity index is 1.66. The molecule has 0 aliphatic carbocycles. The van der Waals surface area contributed by atoms with Crippen LogP contribution in [-0.4, -0.2) is 47.6 Å². The topological polar surface area (TPSA) is 80.6 Å². The minimum atomic E-state index is -0.386. The van der Waals surface area contributed by atoms with Gasteiger partial charge in [0.2, 0.25) is 0 Å². The van der Waals surface area contributed by atoms with E-state index in [1.807, 2.05) is 25.1 Å². The number of amides is 2. The van der Waals surface area contributed by atoms with Crippen LogP contribution >= 0.6 is 0 Å². The lowest BCUT2D eigenvalue weighted by atomic mass is 10.0. The molecule has 2 amide bonds. The summed E-state index contributed by atoms with van der Waals surface area (Å²) in [5.41, 5.74) is 2.51. The number of anilines is 1. The summed E-state index contributed by atoms with van der Waals surface area (Å²) in [4.78, 5) is 40.0. The minimum Gasteiger partial charge on any atom is -0.378 e. The lowest BCUT2D eigenvalue weighted by Crippen LogP contribution is -2.41. The van der Waals surface area contributed by atoms with Crippen LogP contribution in [0.3, 0.4) is 0 Å². The van der Waals surface area contributed by atoms with E-state index in [0.29, 0.717) is 59.6 Å². The first-order chi connectivity index (χ1) is 14.5. The average Bonchev–Trinajstić information content (AvgIpc) is 2.77. The largest absolute Gasteiger partial charge is 0.378 e. The van der Waals surface area contributed by atoms with E-state index in [4.69, 9.17) is 4.74 Å². The summed E-state index contributed by atoms with van der Waals surface area (Å²) in [6, 6.07) is 13.9. The monoisotopic (exact) mass is 405 g/mol. The quantitative estimate of drug-likeness (QED) is 0.726. The van der Waals surface area contributed by atoms with Gasteiger partial charge in [-0.1, -0.05) is 24.3 Å². The molecule has 4 rings (SSSR count). The molecular formula is C23H23N3O4. The highest BCUT2D eigenvalue weighted by Crippen LogP contribution is 2.23. The Hall–Kier alpha value is -3.45. The van der Waals surface area contributed by atoms with Crippen molar-refractivity contribution in [2.75, 3.05) is 31.6 Å². The number of nitrogens with zero attached hydrogens (tertiary/aromatic N) is 2. The van der Waals surface area contributed by atoms with E-state index in [9.17, 15) is 14.4 Å². The van der Waals surface area contributed by atoms with Crippen molar-refractivity contribution in [1.29, 1.82) is 0 Å². The van der Waals surface area contributed by atoms with E-state index in [1.165, 1.54) is 10.6 Å². The summed E-state index contributed by atoms with van der Waals surface area (Å²) in [6.45, 7) is 3.96. The minimum absolute atomic E-state index is 0.0778. The predicted octanol–water partition coefficient (Wildman–Crippen LogP) is 2.57. The second kappa shape index (κ2) is 8.12. The summed E-state index contributed by atoms with van der Waals surface area (Å²) in [5, 5.41) is 3.57. The molecule has 0 spiro atoms. The van der Waals surface area contributed by atoms with Gasteiger partial charge in [0.25, 0.3) is 17.4 Å². The number of fused-ring (bicyclic) bond motifs is 1. The molecule has 2 heterocycles. The van der Waals surface area contributed by atoms with Crippen molar-refractivity contribution in [3.8, 4) is 0 Å². The summed E-state index contributed by atoms with van der Waals surface area (Å²) in [6.07, 6.45) is 0. The van der Waals surface area contributed by atoms with Crippen molar-refractivity contribution in [2.24, 2.45) is 7.05 Å². The van der Waals surface area contributed by atoms with Gasteiger partial charge >= 0.3 is 0 Å². The van der Waals surface area contributed by atoms with E-state index in [-0.39, 0.29) is 17.4 Å². The summed E-state index contributed by atoms with van der Waals surface area (Å²) >= 11 is 0. The highest BCUT2D eigenvalue weighted by atomic mass is 16.5. The Morgan fingerprint density at radius 2 is 1.73 bits per heavy atom. The molecule has 0 atom stereocenters. The number of hydrogen-bond donors (Lipinski definition) is 1. The molecule has 1 aromatic heterocycles. The molecule has 7 heteroatoms. The molecule has 1 aliphatic rings. The SMILES string of the molecule is Cc1c(NC(=O)c2cc(=O)n(C)c3ccccc23)cccc1C(=O)N1CCOCC1. The number of morpholine rings is 1. The van der Waals surface area contributed by atoms with Crippen LogP contribution in [0.4, 0.5) is 5.69 Å². The van der Waals surface area contributed by atoms with E-state index in [1.54, 1.807) is 36.2 Å². The van der Waals surface area contributed by atoms with Gasteiger partial charge in [0.1, 0.15) is 0 Å². The van der Waals surface area contributed by atoms with Gasteiger partial charge in [-0.3, -0.25) is 14.4 Å². The molecule has 30 heavy (non-hydrogen) atoms. The first-order valence-electron chi connectivity index (χ1n) is 9.84. The molecular weight excluding hydrogens is 382 g/mol. The number of hydrogen-bond acceptors (Lipinski definition) is 4. The number of pyridine rings is 1. The zero-order valence-corrected chi connectivity index (χ0v) is 17.0. The Morgan fingerprint density at radius 3 is 2.50 bits per heavy atom. The maximum absolute atomic E-state index is 13.1. The Kier molecular flexibility index (Phi) is 5.37. The summed E-state index contributed by atoms with van der Waals surface area (Å²) in [7, 11) is 1.68. The zero-order chi connectivity index (χ0) is 21.3. The molecule has 3 aromatic rings. The zero-order valence-electron chi connectivity index (χ0n) is 17.0. The molecule has 154 valence electrons. The van der Waals surface area contributed by atoms with Crippen LogP contribution in [0.5, 0.6) is 0 Å². The lowest BCUT2D eigenvalue weighted by molar-refractivity contribution is 0.0302. The molecule has 0 radical (unpaired) electrons. The third-order valence-electron chi connectivity index (χ3n) is 5.51. The van der Waals surface area contributed by atoms with Gasteiger partial charge in [-0.25, -0.2) is 0 Å². The lowest BCUT2D eigenvalue weighted by Gasteiger charge is -2.27. The second-order valence-corrected chi connectivity index (χ2v) is 7.31. The van der Waals surface area contributed by atoms with Crippen molar-refractivity contribution in [3.05, 3.63) is 75.6 Å². The van der Waals surface area contributed by atoms with Crippen molar-refractivity contribution >= 4 is 28.4 Å². The van der Waals surface area contributed by atoms with Crippen LogP contribution in [0.2, 0.25) is 0 Å². The summed E-state index contributed by atoms with van der Waals surface area (Å²) < 4.78 is 6.83. The molecule has 0 bridgehead atoms. The highest BCUT2D eigenvalue weighted by molar-refractivity contribution is 6.13. The van der Waals surface area contributed by atoms with Gasteiger partial charge in [-0.05, 0) is 30.7 Å². The van der Waals surface area contributed by atoms with E-state index in [0.717, 1.165) is 0 Å². The molecule has 1 fully saturated rings. The number of aromatic nitrogens is 1. The van der Waals surface area contributed by atoms with Gasteiger partial charge in [0, 0.05) is 42.8 Å². The second-order valence-electron chi connectivity index (χ2n) is 7.31. The van der Waals surface area contributed by atoms with Crippen molar-refractivity contribution < 1.29 is 14.3 Å². The van der Waals surface area contributed by atoms with Gasteiger partial charge < -0.3 is 19.5 Å². The smallest absolute Gasteiger partial charge is 0.256 e. The molecule has 2 aromatic carbocycles. The number of rotatable bonds is 3. The fourth-order valence-electron chi connectivity index (χ4n) is 3.73. The summed E-state index contributed by atoms with van der Waals surface area (Å²) in [5.74, 6) is -0.464. The predicted molar refractivity (Wildman–Crippen MR) is 115 cm³/mol. The van der Waals surface area contributed by atoms with Gasteiger partial charge in [0.15, 0.2) is 0 Å². The third-order valence-corrected chi connectivity index (χ3v) is 5.51. The van der Waals surface area contributed by atoms with E-state index in [2.05, 4.69) is 5.32 Å². The number of ether oxygens (including phenoxy) is 1.